The van der Waals surface area contributed by atoms with E-state index in [1.807, 2.05) is 24.3 Å². The molecule has 0 N–H and O–H groups in total. The SMILES string of the molecule is CCc1cc(Cl)nc(Cc2ccccc2)n1. The van der Waals surface area contributed by atoms with Crippen molar-refractivity contribution in [3.8, 4) is 0 Å². The molecule has 0 unspecified atom stereocenters. The molecule has 1 aromatic carbocycles. The molecule has 0 radical (unpaired) electrons. The first-order valence-electron chi connectivity index (χ1n) is 5.34. The van der Waals surface area contributed by atoms with E-state index < -0.39 is 0 Å². The van der Waals surface area contributed by atoms with Gasteiger partial charge in [0, 0.05) is 12.1 Å². The van der Waals surface area contributed by atoms with Gasteiger partial charge in [-0.25, -0.2) is 9.97 Å². The predicted octanol–water partition coefficient (Wildman–Crippen LogP) is 3.28. The van der Waals surface area contributed by atoms with Gasteiger partial charge < -0.3 is 0 Å². The minimum atomic E-state index is 0.526. The molecule has 2 rings (SSSR count). The summed E-state index contributed by atoms with van der Waals surface area (Å²) in [7, 11) is 0. The van der Waals surface area contributed by atoms with Gasteiger partial charge in [-0.05, 0) is 18.1 Å². The van der Waals surface area contributed by atoms with E-state index in [2.05, 4.69) is 29.0 Å². The molecule has 0 atom stereocenters. The lowest BCUT2D eigenvalue weighted by Gasteiger charge is -2.03. The lowest BCUT2D eigenvalue weighted by molar-refractivity contribution is 0.906. The van der Waals surface area contributed by atoms with Crippen molar-refractivity contribution in [2.75, 3.05) is 0 Å². The van der Waals surface area contributed by atoms with Crippen molar-refractivity contribution >= 4 is 11.6 Å². The zero-order chi connectivity index (χ0) is 11.4. The van der Waals surface area contributed by atoms with Gasteiger partial charge in [0.05, 0.1) is 0 Å². The van der Waals surface area contributed by atoms with Gasteiger partial charge in [0.15, 0.2) is 0 Å². The fraction of sp³-hybridized carbons (Fsp3) is 0.231. The first-order valence-corrected chi connectivity index (χ1v) is 5.72. The average molecular weight is 233 g/mol. The van der Waals surface area contributed by atoms with Crippen molar-refractivity contribution in [3.63, 3.8) is 0 Å². The van der Waals surface area contributed by atoms with Gasteiger partial charge in [-0.2, -0.15) is 0 Å². The van der Waals surface area contributed by atoms with Crippen molar-refractivity contribution in [2.45, 2.75) is 19.8 Å². The van der Waals surface area contributed by atoms with Crippen LogP contribution in [0.5, 0.6) is 0 Å². The summed E-state index contributed by atoms with van der Waals surface area (Å²) in [4.78, 5) is 8.68. The zero-order valence-corrected chi connectivity index (χ0v) is 9.91. The number of halogens is 1. The molecule has 2 aromatic rings. The van der Waals surface area contributed by atoms with Crippen LogP contribution in [0, 0.1) is 0 Å². The second kappa shape index (κ2) is 5.08. The standard InChI is InChI=1S/C13H13ClN2/c1-2-11-9-12(14)16-13(15-11)8-10-6-4-3-5-7-10/h3-7,9H,2,8H2,1H3. The highest BCUT2D eigenvalue weighted by atomic mass is 35.5. The highest BCUT2D eigenvalue weighted by Gasteiger charge is 2.03. The van der Waals surface area contributed by atoms with Gasteiger partial charge in [-0.3, -0.25) is 0 Å². The summed E-state index contributed by atoms with van der Waals surface area (Å²) in [6.07, 6.45) is 1.61. The maximum absolute atomic E-state index is 5.94. The monoisotopic (exact) mass is 232 g/mol. The third kappa shape index (κ3) is 2.80. The molecule has 0 aliphatic carbocycles. The molecule has 0 saturated carbocycles. The van der Waals surface area contributed by atoms with Gasteiger partial charge in [0.25, 0.3) is 0 Å². The average Bonchev–Trinajstić information content (AvgIpc) is 2.29. The fourth-order valence-corrected chi connectivity index (χ4v) is 1.78. The summed E-state index contributed by atoms with van der Waals surface area (Å²) >= 11 is 5.94. The van der Waals surface area contributed by atoms with Crippen molar-refractivity contribution in [3.05, 3.63) is 58.6 Å². The molecule has 2 nitrogen and oxygen atoms in total. The number of hydrogen-bond acceptors (Lipinski definition) is 2. The highest BCUT2D eigenvalue weighted by Crippen LogP contribution is 2.11. The number of aryl methyl sites for hydroxylation is 1. The summed E-state index contributed by atoms with van der Waals surface area (Å²) in [5.41, 5.74) is 2.19. The van der Waals surface area contributed by atoms with Crippen LogP contribution in [0.3, 0.4) is 0 Å². The summed E-state index contributed by atoms with van der Waals surface area (Å²) in [5, 5.41) is 0.526. The van der Waals surface area contributed by atoms with E-state index in [-0.39, 0.29) is 0 Å². The minimum Gasteiger partial charge on any atom is -0.237 e. The van der Waals surface area contributed by atoms with E-state index >= 15 is 0 Å². The van der Waals surface area contributed by atoms with Crippen LogP contribution in [0.25, 0.3) is 0 Å². The van der Waals surface area contributed by atoms with E-state index in [0.29, 0.717) is 5.15 Å². The molecule has 0 aliphatic rings. The Morgan fingerprint density at radius 3 is 2.56 bits per heavy atom. The molecule has 1 heterocycles. The Bertz CT molecular complexity index is 469. The van der Waals surface area contributed by atoms with Crippen LogP contribution >= 0.6 is 11.6 Å². The fourth-order valence-electron chi connectivity index (χ4n) is 1.55. The molecule has 0 amide bonds. The Labute approximate surface area is 100 Å². The second-order valence-corrected chi connectivity index (χ2v) is 4.00. The van der Waals surface area contributed by atoms with Crippen LogP contribution < -0.4 is 0 Å². The van der Waals surface area contributed by atoms with Crippen LogP contribution in [-0.2, 0) is 12.8 Å². The topological polar surface area (TPSA) is 25.8 Å². The van der Waals surface area contributed by atoms with Crippen LogP contribution in [-0.4, -0.2) is 9.97 Å². The highest BCUT2D eigenvalue weighted by molar-refractivity contribution is 6.29. The Balaban J connectivity index is 2.24. The van der Waals surface area contributed by atoms with E-state index in [1.54, 1.807) is 0 Å². The van der Waals surface area contributed by atoms with Crippen LogP contribution in [0.2, 0.25) is 5.15 Å². The molecule has 82 valence electrons. The number of hydrogen-bond donors (Lipinski definition) is 0. The summed E-state index contributed by atoms with van der Waals surface area (Å²) < 4.78 is 0. The number of benzene rings is 1. The first kappa shape index (κ1) is 11.1. The van der Waals surface area contributed by atoms with E-state index in [9.17, 15) is 0 Å². The van der Waals surface area contributed by atoms with Crippen molar-refractivity contribution in [1.29, 1.82) is 0 Å². The molecule has 0 spiro atoms. The molecule has 0 saturated heterocycles. The largest absolute Gasteiger partial charge is 0.237 e. The van der Waals surface area contributed by atoms with Gasteiger partial charge in [0.1, 0.15) is 11.0 Å². The van der Waals surface area contributed by atoms with Gasteiger partial charge in [-0.15, -0.1) is 0 Å². The molecule has 0 aliphatic heterocycles. The lowest BCUT2D eigenvalue weighted by Crippen LogP contribution is -2.00. The Morgan fingerprint density at radius 1 is 1.12 bits per heavy atom. The van der Waals surface area contributed by atoms with Crippen LogP contribution in [0.1, 0.15) is 24.0 Å². The number of aromatic nitrogens is 2. The normalized spacial score (nSPS) is 10.4. The quantitative estimate of drug-likeness (QED) is 0.759. The maximum atomic E-state index is 5.94. The van der Waals surface area contributed by atoms with Crippen molar-refractivity contribution in [1.82, 2.24) is 9.97 Å². The predicted molar refractivity (Wildman–Crippen MR) is 65.7 cm³/mol. The van der Waals surface area contributed by atoms with Crippen LogP contribution in [0.15, 0.2) is 36.4 Å². The van der Waals surface area contributed by atoms with Gasteiger partial charge >= 0.3 is 0 Å². The summed E-state index contributed by atoms with van der Waals surface area (Å²) in [6, 6.07) is 12.0. The van der Waals surface area contributed by atoms with Gasteiger partial charge in [-0.1, -0.05) is 48.9 Å². The maximum Gasteiger partial charge on any atom is 0.134 e. The lowest BCUT2D eigenvalue weighted by atomic mass is 10.1. The van der Waals surface area contributed by atoms with Crippen LogP contribution in [0.4, 0.5) is 0 Å². The smallest absolute Gasteiger partial charge is 0.134 e. The number of nitrogens with zero attached hydrogens (tertiary/aromatic N) is 2. The van der Waals surface area contributed by atoms with Gasteiger partial charge in [0.2, 0.25) is 0 Å². The Morgan fingerprint density at radius 2 is 1.88 bits per heavy atom. The van der Waals surface area contributed by atoms with Crippen molar-refractivity contribution in [2.24, 2.45) is 0 Å². The second-order valence-electron chi connectivity index (χ2n) is 3.61. The molecule has 0 fully saturated rings. The molecular formula is C13H13ClN2. The minimum absolute atomic E-state index is 0.526. The Kier molecular flexibility index (Phi) is 3.52. The summed E-state index contributed by atoms with van der Waals surface area (Å²) in [6.45, 7) is 2.06. The third-order valence-corrected chi connectivity index (χ3v) is 2.56. The van der Waals surface area contributed by atoms with E-state index in [0.717, 1.165) is 24.4 Å². The van der Waals surface area contributed by atoms with Crippen molar-refractivity contribution < 1.29 is 0 Å². The Hall–Kier alpha value is -1.41. The molecule has 0 bridgehead atoms. The molecule has 16 heavy (non-hydrogen) atoms. The van der Waals surface area contributed by atoms with E-state index in [1.165, 1.54) is 5.56 Å². The molecule has 3 heteroatoms. The zero-order valence-electron chi connectivity index (χ0n) is 9.15. The third-order valence-electron chi connectivity index (χ3n) is 2.36. The molecular weight excluding hydrogens is 220 g/mol. The molecule has 1 aromatic heterocycles. The first-order chi connectivity index (χ1) is 7.78. The van der Waals surface area contributed by atoms with E-state index in [4.69, 9.17) is 11.6 Å². The summed E-state index contributed by atoms with van der Waals surface area (Å²) in [5.74, 6) is 0.788. The number of rotatable bonds is 3.